The third-order valence-electron chi connectivity index (χ3n) is 5.43. The van der Waals surface area contributed by atoms with Gasteiger partial charge in [0, 0.05) is 6.04 Å². The largest absolute Gasteiger partial charge is 0.324 e. The van der Waals surface area contributed by atoms with Gasteiger partial charge in [-0.05, 0) is 60.0 Å². The van der Waals surface area contributed by atoms with Gasteiger partial charge < -0.3 is 5.73 Å². The average Bonchev–Trinajstić information content (AvgIpc) is 2.46. The summed E-state index contributed by atoms with van der Waals surface area (Å²) in [6.07, 6.45) is 5.31. The van der Waals surface area contributed by atoms with Crippen molar-refractivity contribution >= 4 is 0 Å². The maximum atomic E-state index is 6.55. The lowest BCUT2D eigenvalue weighted by molar-refractivity contribution is 0.203. The van der Waals surface area contributed by atoms with E-state index in [1.807, 2.05) is 0 Å². The normalized spacial score (nSPS) is 25.1. The molecule has 1 saturated carbocycles. The highest BCUT2D eigenvalue weighted by Crippen LogP contribution is 2.38. The molecule has 0 radical (unpaired) electrons. The van der Waals surface area contributed by atoms with Crippen LogP contribution in [0.4, 0.5) is 0 Å². The first-order valence-electron chi connectivity index (χ1n) is 8.65. The van der Waals surface area contributed by atoms with E-state index in [0.29, 0.717) is 5.92 Å². The summed E-state index contributed by atoms with van der Waals surface area (Å²) in [5.74, 6) is 2.41. The van der Waals surface area contributed by atoms with Gasteiger partial charge in [0.25, 0.3) is 0 Å². The summed E-state index contributed by atoms with van der Waals surface area (Å²) in [7, 11) is 0. The highest BCUT2D eigenvalue weighted by atomic mass is 14.7. The zero-order valence-corrected chi connectivity index (χ0v) is 14.5. The predicted molar refractivity (Wildman–Crippen MR) is 92.4 cm³/mol. The van der Waals surface area contributed by atoms with E-state index in [1.54, 1.807) is 0 Å². The molecular weight excluding hydrogens is 254 g/mol. The summed E-state index contributed by atoms with van der Waals surface area (Å²) in [5.41, 5.74) is 9.48. The van der Waals surface area contributed by atoms with Crippen LogP contribution >= 0.6 is 0 Å². The molecule has 0 amide bonds. The van der Waals surface area contributed by atoms with Gasteiger partial charge in [0.2, 0.25) is 0 Å². The van der Waals surface area contributed by atoms with E-state index in [1.165, 1.54) is 36.8 Å². The molecule has 21 heavy (non-hydrogen) atoms. The molecule has 1 atom stereocenters. The number of hydrogen-bond acceptors (Lipinski definition) is 1. The first-order chi connectivity index (χ1) is 9.79. The Bertz CT molecular complexity index is 430. The molecule has 1 heteroatoms. The highest BCUT2D eigenvalue weighted by molar-refractivity contribution is 5.29. The van der Waals surface area contributed by atoms with Crippen LogP contribution in [0.1, 0.15) is 77.5 Å². The molecule has 0 heterocycles. The molecule has 0 spiro atoms. The zero-order valence-electron chi connectivity index (χ0n) is 14.5. The third kappa shape index (κ3) is 4.10. The second kappa shape index (κ2) is 6.52. The first-order valence-corrected chi connectivity index (χ1v) is 8.65. The predicted octanol–water partition coefficient (Wildman–Crippen LogP) is 5.45. The van der Waals surface area contributed by atoms with Gasteiger partial charge in [-0.3, -0.25) is 0 Å². The van der Waals surface area contributed by atoms with Crippen molar-refractivity contribution in [2.75, 3.05) is 0 Å². The summed E-state index contributed by atoms with van der Waals surface area (Å²) >= 11 is 0. The Morgan fingerprint density at radius 3 is 1.81 bits per heavy atom. The number of nitrogens with two attached hydrogens (primary N) is 1. The fourth-order valence-electron chi connectivity index (χ4n) is 3.65. The van der Waals surface area contributed by atoms with Crippen molar-refractivity contribution in [3.63, 3.8) is 0 Å². The van der Waals surface area contributed by atoms with Crippen LogP contribution in [0, 0.1) is 17.8 Å². The van der Waals surface area contributed by atoms with Crippen molar-refractivity contribution in [3.05, 3.63) is 35.4 Å². The van der Waals surface area contributed by atoms with E-state index < -0.39 is 0 Å². The Hall–Kier alpha value is -0.820. The molecule has 1 aliphatic carbocycles. The van der Waals surface area contributed by atoms with Crippen LogP contribution in [0.3, 0.4) is 0 Å². The second-order valence-corrected chi connectivity index (χ2v) is 8.32. The van der Waals surface area contributed by atoms with E-state index in [2.05, 4.69) is 58.9 Å². The molecule has 2 rings (SSSR count). The van der Waals surface area contributed by atoms with Gasteiger partial charge in [-0.25, -0.2) is 0 Å². The molecule has 0 aliphatic heterocycles. The van der Waals surface area contributed by atoms with Gasteiger partial charge in [0.15, 0.2) is 0 Å². The summed E-state index contributed by atoms with van der Waals surface area (Å²) in [6, 6.07) is 9.23. The SMILES string of the molecule is CC(C)C1CCC(C(N)c2ccc(C(C)(C)C)cc2)CC1. The van der Waals surface area contributed by atoms with Crippen molar-refractivity contribution in [1.29, 1.82) is 0 Å². The van der Waals surface area contributed by atoms with Gasteiger partial charge in [0.1, 0.15) is 0 Å². The lowest BCUT2D eigenvalue weighted by Crippen LogP contribution is -2.27. The van der Waals surface area contributed by atoms with E-state index >= 15 is 0 Å². The van der Waals surface area contributed by atoms with E-state index in [9.17, 15) is 0 Å². The highest BCUT2D eigenvalue weighted by Gasteiger charge is 2.27. The fraction of sp³-hybridized carbons (Fsp3) is 0.700. The van der Waals surface area contributed by atoms with Gasteiger partial charge in [0.05, 0.1) is 0 Å². The van der Waals surface area contributed by atoms with Crippen molar-refractivity contribution in [3.8, 4) is 0 Å². The Morgan fingerprint density at radius 1 is 0.905 bits per heavy atom. The topological polar surface area (TPSA) is 26.0 Å². The standard InChI is InChI=1S/C20H33N/c1-14(2)15-6-8-16(9-7-15)19(21)17-10-12-18(13-11-17)20(3,4)5/h10-16,19H,6-9,21H2,1-5H3. The van der Waals surface area contributed by atoms with Crippen LogP contribution in [0.5, 0.6) is 0 Å². The maximum Gasteiger partial charge on any atom is 0.0323 e. The van der Waals surface area contributed by atoms with Crippen molar-refractivity contribution in [2.24, 2.45) is 23.5 Å². The number of rotatable bonds is 3. The Kier molecular flexibility index (Phi) is 5.14. The van der Waals surface area contributed by atoms with Gasteiger partial charge >= 0.3 is 0 Å². The van der Waals surface area contributed by atoms with Crippen molar-refractivity contribution in [1.82, 2.24) is 0 Å². The quantitative estimate of drug-likeness (QED) is 0.786. The molecule has 1 aromatic carbocycles. The van der Waals surface area contributed by atoms with Crippen LogP contribution < -0.4 is 5.73 Å². The smallest absolute Gasteiger partial charge is 0.0323 e. The van der Waals surface area contributed by atoms with Gasteiger partial charge in [-0.1, -0.05) is 58.9 Å². The molecule has 118 valence electrons. The Morgan fingerprint density at radius 2 is 1.38 bits per heavy atom. The number of benzene rings is 1. The summed E-state index contributed by atoms with van der Waals surface area (Å²) in [4.78, 5) is 0. The molecule has 2 N–H and O–H groups in total. The lowest BCUT2D eigenvalue weighted by atomic mass is 9.73. The third-order valence-corrected chi connectivity index (χ3v) is 5.43. The second-order valence-electron chi connectivity index (χ2n) is 8.32. The number of hydrogen-bond donors (Lipinski definition) is 1. The van der Waals surface area contributed by atoms with Crippen LogP contribution in [-0.2, 0) is 5.41 Å². The molecule has 1 nitrogen and oxygen atoms in total. The van der Waals surface area contributed by atoms with Crippen LogP contribution in [-0.4, -0.2) is 0 Å². The average molecular weight is 287 g/mol. The molecule has 0 aromatic heterocycles. The molecule has 0 bridgehead atoms. The monoisotopic (exact) mass is 287 g/mol. The fourth-order valence-corrected chi connectivity index (χ4v) is 3.65. The van der Waals surface area contributed by atoms with Crippen LogP contribution in [0.25, 0.3) is 0 Å². The Balaban J connectivity index is 1.99. The van der Waals surface area contributed by atoms with E-state index in [0.717, 1.165) is 11.8 Å². The molecule has 0 saturated heterocycles. The summed E-state index contributed by atoms with van der Waals surface area (Å²) in [6.45, 7) is 11.5. The minimum Gasteiger partial charge on any atom is -0.324 e. The van der Waals surface area contributed by atoms with E-state index in [4.69, 9.17) is 5.73 Å². The van der Waals surface area contributed by atoms with Gasteiger partial charge in [-0.2, -0.15) is 0 Å². The molecular formula is C20H33N. The minimum atomic E-state index is 0.215. The first kappa shape index (κ1) is 16.5. The van der Waals surface area contributed by atoms with Gasteiger partial charge in [-0.15, -0.1) is 0 Å². The summed E-state index contributed by atoms with van der Waals surface area (Å²) < 4.78 is 0. The van der Waals surface area contributed by atoms with Crippen LogP contribution in [0.2, 0.25) is 0 Å². The zero-order chi connectivity index (χ0) is 15.6. The van der Waals surface area contributed by atoms with E-state index in [-0.39, 0.29) is 11.5 Å². The molecule has 1 aliphatic rings. The van der Waals surface area contributed by atoms with Crippen LogP contribution in [0.15, 0.2) is 24.3 Å². The Labute approximate surface area is 131 Å². The molecule has 1 unspecified atom stereocenters. The van der Waals surface area contributed by atoms with Crippen molar-refractivity contribution < 1.29 is 0 Å². The maximum absolute atomic E-state index is 6.55. The summed E-state index contributed by atoms with van der Waals surface area (Å²) in [5, 5.41) is 0. The molecule has 1 fully saturated rings. The lowest BCUT2D eigenvalue weighted by Gasteiger charge is -2.34. The minimum absolute atomic E-state index is 0.215. The van der Waals surface area contributed by atoms with Crippen molar-refractivity contribution in [2.45, 2.75) is 71.8 Å². The molecule has 1 aromatic rings.